The first-order valence-electron chi connectivity index (χ1n) is 6.31. The fraction of sp³-hybridized carbons (Fsp3) is 0.846. The monoisotopic (exact) mass is 224 g/mol. The molecule has 0 aromatic heterocycles. The van der Waals surface area contributed by atoms with Crippen molar-refractivity contribution in [3.63, 3.8) is 0 Å². The molecule has 0 radical (unpaired) electrons. The molecule has 1 nitrogen and oxygen atoms in total. The van der Waals surface area contributed by atoms with Gasteiger partial charge in [-0.25, -0.2) is 0 Å². The molecule has 15 heavy (non-hydrogen) atoms. The molecular weight excluding hydrogens is 200 g/mol. The van der Waals surface area contributed by atoms with E-state index in [0.717, 1.165) is 11.8 Å². The van der Waals surface area contributed by atoms with Crippen molar-refractivity contribution < 1.29 is 4.43 Å². The van der Waals surface area contributed by atoms with Crippen LogP contribution in [0.2, 0.25) is 19.6 Å². The fourth-order valence-electron chi connectivity index (χ4n) is 3.46. The van der Waals surface area contributed by atoms with E-state index < -0.39 is 8.32 Å². The Balaban J connectivity index is 2.08. The number of hydrogen-bond donors (Lipinski definition) is 0. The van der Waals surface area contributed by atoms with Gasteiger partial charge in [0.25, 0.3) is 0 Å². The van der Waals surface area contributed by atoms with Crippen molar-refractivity contribution in [2.24, 2.45) is 11.8 Å². The molecule has 0 spiro atoms. The highest BCUT2D eigenvalue weighted by Gasteiger charge is 2.54. The topological polar surface area (TPSA) is 9.23 Å². The Hall–Kier alpha value is -0.0831. The van der Waals surface area contributed by atoms with Crippen LogP contribution in [0.5, 0.6) is 0 Å². The maximum Gasteiger partial charge on any atom is 0.184 e. The lowest BCUT2D eigenvalue weighted by molar-refractivity contribution is -0.105. The third-order valence-corrected chi connectivity index (χ3v) is 4.95. The molecule has 86 valence electrons. The van der Waals surface area contributed by atoms with Crippen LogP contribution in [-0.4, -0.2) is 13.9 Å². The molecule has 2 saturated carbocycles. The predicted molar refractivity (Wildman–Crippen MR) is 67.4 cm³/mol. The molecule has 2 heteroatoms. The Morgan fingerprint density at radius 2 is 1.93 bits per heavy atom. The predicted octanol–water partition coefficient (Wildman–Crippen LogP) is 3.97. The van der Waals surface area contributed by atoms with Gasteiger partial charge in [-0.15, -0.1) is 6.58 Å². The number of hydrogen-bond acceptors (Lipinski definition) is 1. The molecule has 2 rings (SSSR count). The van der Waals surface area contributed by atoms with E-state index in [2.05, 4.69) is 32.3 Å². The summed E-state index contributed by atoms with van der Waals surface area (Å²) in [5.41, 5.74) is 0.0650. The minimum Gasteiger partial charge on any atom is -0.408 e. The van der Waals surface area contributed by atoms with Crippen LogP contribution in [0, 0.1) is 11.8 Å². The zero-order valence-corrected chi connectivity index (χ0v) is 11.4. The van der Waals surface area contributed by atoms with E-state index in [-0.39, 0.29) is 5.60 Å². The van der Waals surface area contributed by atoms with Crippen molar-refractivity contribution in [1.82, 2.24) is 0 Å². The SMILES string of the molecule is C=CC1(O[Si](C)(C)C)CC2CCCCC21. The largest absolute Gasteiger partial charge is 0.408 e. The molecule has 0 aliphatic heterocycles. The Bertz CT molecular complexity index is 256. The second kappa shape index (κ2) is 3.74. The molecule has 0 aromatic rings. The maximum absolute atomic E-state index is 6.40. The Kier molecular flexibility index (Phi) is 2.84. The van der Waals surface area contributed by atoms with Gasteiger partial charge in [-0.2, -0.15) is 0 Å². The zero-order valence-electron chi connectivity index (χ0n) is 10.4. The van der Waals surface area contributed by atoms with Gasteiger partial charge in [-0.1, -0.05) is 18.9 Å². The van der Waals surface area contributed by atoms with Gasteiger partial charge in [0.15, 0.2) is 8.32 Å². The van der Waals surface area contributed by atoms with Gasteiger partial charge in [0.2, 0.25) is 0 Å². The molecule has 0 bridgehead atoms. The van der Waals surface area contributed by atoms with E-state index in [1.54, 1.807) is 0 Å². The van der Waals surface area contributed by atoms with E-state index in [1.165, 1.54) is 32.1 Å². The molecule has 2 aliphatic carbocycles. The summed E-state index contributed by atoms with van der Waals surface area (Å²) in [5.74, 6) is 1.73. The third kappa shape index (κ3) is 2.07. The summed E-state index contributed by atoms with van der Waals surface area (Å²) in [6.07, 6.45) is 8.97. The highest BCUT2D eigenvalue weighted by Crippen LogP contribution is 2.55. The van der Waals surface area contributed by atoms with Gasteiger partial charge >= 0.3 is 0 Å². The first-order chi connectivity index (χ1) is 6.97. The Morgan fingerprint density at radius 3 is 2.47 bits per heavy atom. The van der Waals surface area contributed by atoms with Crippen LogP contribution in [0.15, 0.2) is 12.7 Å². The normalized spacial score (nSPS) is 40.5. The van der Waals surface area contributed by atoms with Crippen molar-refractivity contribution >= 4 is 8.32 Å². The van der Waals surface area contributed by atoms with Crippen LogP contribution in [0.25, 0.3) is 0 Å². The molecular formula is C13H24OSi. The van der Waals surface area contributed by atoms with Gasteiger partial charge in [0.1, 0.15) is 0 Å². The van der Waals surface area contributed by atoms with Gasteiger partial charge in [0.05, 0.1) is 5.60 Å². The van der Waals surface area contributed by atoms with Gasteiger partial charge < -0.3 is 4.43 Å². The van der Waals surface area contributed by atoms with Crippen molar-refractivity contribution in [1.29, 1.82) is 0 Å². The van der Waals surface area contributed by atoms with E-state index >= 15 is 0 Å². The minimum absolute atomic E-state index is 0.0650. The van der Waals surface area contributed by atoms with Gasteiger partial charge in [-0.3, -0.25) is 0 Å². The molecule has 3 unspecified atom stereocenters. The van der Waals surface area contributed by atoms with Crippen LogP contribution >= 0.6 is 0 Å². The minimum atomic E-state index is -1.43. The van der Waals surface area contributed by atoms with Crippen molar-refractivity contribution in [3.05, 3.63) is 12.7 Å². The molecule has 0 aromatic carbocycles. The van der Waals surface area contributed by atoms with E-state index in [0.29, 0.717) is 0 Å². The lowest BCUT2D eigenvalue weighted by Crippen LogP contribution is -2.59. The average Bonchev–Trinajstić information content (AvgIpc) is 2.12. The summed E-state index contributed by atoms with van der Waals surface area (Å²) in [5, 5.41) is 0. The van der Waals surface area contributed by atoms with Crippen molar-refractivity contribution in [2.45, 2.75) is 57.3 Å². The van der Waals surface area contributed by atoms with Crippen LogP contribution in [0.4, 0.5) is 0 Å². The average molecular weight is 224 g/mol. The molecule has 0 heterocycles. The molecule has 3 atom stereocenters. The fourth-order valence-corrected chi connectivity index (χ4v) is 4.92. The number of rotatable bonds is 3. The second-order valence-corrected chi connectivity index (χ2v) is 10.7. The van der Waals surface area contributed by atoms with E-state index in [4.69, 9.17) is 4.43 Å². The zero-order chi connectivity index (χ0) is 11.1. The standard InChI is InChI=1S/C13H24OSi/c1-5-13(14-15(2,3)4)10-11-8-6-7-9-12(11)13/h5,11-12H,1,6-10H2,2-4H3. The summed E-state index contributed by atoms with van der Waals surface area (Å²) in [6.45, 7) is 10.9. The Morgan fingerprint density at radius 1 is 1.27 bits per heavy atom. The number of fused-ring (bicyclic) bond motifs is 1. The Labute approximate surface area is 95.0 Å². The maximum atomic E-state index is 6.40. The molecule has 2 aliphatic rings. The molecule has 0 amide bonds. The van der Waals surface area contributed by atoms with Crippen LogP contribution < -0.4 is 0 Å². The smallest absolute Gasteiger partial charge is 0.184 e. The summed E-state index contributed by atoms with van der Waals surface area (Å²) in [4.78, 5) is 0. The summed E-state index contributed by atoms with van der Waals surface area (Å²) >= 11 is 0. The van der Waals surface area contributed by atoms with E-state index in [1.807, 2.05) is 0 Å². The van der Waals surface area contributed by atoms with Crippen LogP contribution in [0.1, 0.15) is 32.1 Å². The highest BCUT2D eigenvalue weighted by atomic mass is 28.4. The summed E-state index contributed by atoms with van der Waals surface area (Å²) < 4.78 is 6.40. The second-order valence-electron chi connectivity index (χ2n) is 6.23. The van der Waals surface area contributed by atoms with Crippen LogP contribution in [0.3, 0.4) is 0 Å². The lowest BCUT2D eigenvalue weighted by atomic mass is 9.56. The van der Waals surface area contributed by atoms with E-state index in [9.17, 15) is 0 Å². The summed E-state index contributed by atoms with van der Waals surface area (Å²) in [6, 6.07) is 0. The van der Waals surface area contributed by atoms with Gasteiger partial charge in [0, 0.05) is 0 Å². The quantitative estimate of drug-likeness (QED) is 0.520. The van der Waals surface area contributed by atoms with Crippen molar-refractivity contribution in [3.8, 4) is 0 Å². The van der Waals surface area contributed by atoms with Gasteiger partial charge in [-0.05, 0) is 50.7 Å². The molecule has 2 fully saturated rings. The van der Waals surface area contributed by atoms with Crippen molar-refractivity contribution in [2.75, 3.05) is 0 Å². The highest BCUT2D eigenvalue weighted by molar-refractivity contribution is 6.69. The first kappa shape index (κ1) is 11.4. The first-order valence-corrected chi connectivity index (χ1v) is 9.71. The third-order valence-electron chi connectivity index (χ3n) is 3.96. The molecule has 0 N–H and O–H groups in total. The van der Waals surface area contributed by atoms with Crippen LogP contribution in [-0.2, 0) is 4.43 Å². The molecule has 0 saturated heterocycles. The lowest BCUT2D eigenvalue weighted by Gasteiger charge is -2.58. The summed E-state index contributed by atoms with van der Waals surface area (Å²) in [7, 11) is -1.43.